The van der Waals surface area contributed by atoms with E-state index < -0.39 is 11.9 Å². The molecule has 0 bridgehead atoms. The number of anilines is 1. The third-order valence-electron chi connectivity index (χ3n) is 6.99. The van der Waals surface area contributed by atoms with Gasteiger partial charge in [0.1, 0.15) is 6.04 Å². The van der Waals surface area contributed by atoms with Crippen LogP contribution >= 0.6 is 0 Å². The van der Waals surface area contributed by atoms with Crippen molar-refractivity contribution in [2.45, 2.75) is 37.9 Å². The lowest BCUT2D eigenvalue weighted by molar-refractivity contribution is -0.136. The van der Waals surface area contributed by atoms with E-state index in [-0.39, 0.29) is 49.0 Å². The number of nitrogens with zero attached hydrogens (tertiary/aromatic N) is 5. The number of piperidine rings is 1. The van der Waals surface area contributed by atoms with Crippen LogP contribution in [0, 0.1) is 0 Å². The van der Waals surface area contributed by atoms with Crippen molar-refractivity contribution in [3.63, 3.8) is 0 Å². The summed E-state index contributed by atoms with van der Waals surface area (Å²) in [6, 6.07) is 11.7. The fraction of sp³-hybridized carbons (Fsp3) is 0.280. The molecular weight excluding hydrogens is 464 g/mol. The number of aliphatic hydroxyl groups is 1. The monoisotopic (exact) mass is 486 g/mol. The molecule has 3 aromatic rings. The molecule has 0 saturated carbocycles. The maximum absolute atomic E-state index is 13.3. The van der Waals surface area contributed by atoms with Crippen LogP contribution in [-0.4, -0.2) is 67.3 Å². The number of hydrogen-bond donors (Lipinski definition) is 2. The molecule has 3 aliphatic rings. The standard InChI is InChI=1S/C25H22N6O5/c32-13-17-9-14-3-1-2-4-20(14)31(17)25(36)19-12-30(28-27-19)16-6-5-15-11-29(24(35)18(15)10-16)21-7-8-22(33)26-23(21)34/h1-6,10,12,17,21,32H,7-9,11,13H2,(H,26,33,34)/t17-,21?/m0/s1. The van der Waals surface area contributed by atoms with Crippen molar-refractivity contribution in [3.05, 3.63) is 71.0 Å². The first-order valence-corrected chi connectivity index (χ1v) is 11.7. The molecule has 11 nitrogen and oxygen atoms in total. The molecule has 36 heavy (non-hydrogen) atoms. The third-order valence-corrected chi connectivity index (χ3v) is 6.99. The van der Waals surface area contributed by atoms with Gasteiger partial charge >= 0.3 is 0 Å². The Hall–Kier alpha value is -4.38. The summed E-state index contributed by atoms with van der Waals surface area (Å²) in [5.74, 6) is -1.46. The lowest BCUT2D eigenvalue weighted by Gasteiger charge is -2.29. The Morgan fingerprint density at radius 3 is 2.75 bits per heavy atom. The molecule has 1 aromatic heterocycles. The Bertz CT molecular complexity index is 1430. The quantitative estimate of drug-likeness (QED) is 0.515. The first-order valence-electron chi connectivity index (χ1n) is 11.7. The van der Waals surface area contributed by atoms with Crippen LogP contribution in [0.5, 0.6) is 0 Å². The van der Waals surface area contributed by atoms with E-state index in [0.29, 0.717) is 24.1 Å². The molecule has 1 saturated heterocycles. The van der Waals surface area contributed by atoms with Gasteiger partial charge < -0.3 is 14.9 Å². The van der Waals surface area contributed by atoms with Crippen LogP contribution < -0.4 is 10.2 Å². The second-order valence-corrected chi connectivity index (χ2v) is 9.13. The summed E-state index contributed by atoms with van der Waals surface area (Å²) in [4.78, 5) is 53.2. The molecule has 2 aromatic carbocycles. The number of carbonyl (C=O) groups excluding carboxylic acids is 4. The molecule has 182 valence electrons. The third kappa shape index (κ3) is 3.47. The minimum Gasteiger partial charge on any atom is -0.394 e. The predicted molar refractivity (Wildman–Crippen MR) is 125 cm³/mol. The Labute approximate surface area is 205 Å². The van der Waals surface area contributed by atoms with Gasteiger partial charge in [-0.2, -0.15) is 0 Å². The Balaban J connectivity index is 1.25. The molecule has 11 heteroatoms. The van der Waals surface area contributed by atoms with Gasteiger partial charge in [0, 0.05) is 24.2 Å². The van der Waals surface area contributed by atoms with Crippen molar-refractivity contribution in [1.29, 1.82) is 0 Å². The van der Waals surface area contributed by atoms with Crippen molar-refractivity contribution in [2.75, 3.05) is 11.5 Å². The van der Waals surface area contributed by atoms with Crippen LogP contribution in [0.1, 0.15) is 44.8 Å². The van der Waals surface area contributed by atoms with Crippen molar-refractivity contribution >= 4 is 29.3 Å². The minimum atomic E-state index is -0.690. The highest BCUT2D eigenvalue weighted by molar-refractivity contribution is 6.07. The topological polar surface area (TPSA) is 138 Å². The van der Waals surface area contributed by atoms with E-state index in [2.05, 4.69) is 15.6 Å². The van der Waals surface area contributed by atoms with Crippen LogP contribution in [0.3, 0.4) is 0 Å². The van der Waals surface area contributed by atoms with Gasteiger partial charge in [-0.1, -0.05) is 29.5 Å². The molecule has 1 fully saturated rings. The largest absolute Gasteiger partial charge is 0.394 e. The summed E-state index contributed by atoms with van der Waals surface area (Å²) in [6.07, 6.45) is 2.54. The molecule has 2 N–H and O–H groups in total. The van der Waals surface area contributed by atoms with Crippen molar-refractivity contribution in [3.8, 4) is 5.69 Å². The van der Waals surface area contributed by atoms with Gasteiger partial charge in [-0.25, -0.2) is 4.68 Å². The predicted octanol–water partition coefficient (Wildman–Crippen LogP) is 0.592. The van der Waals surface area contributed by atoms with Crippen LogP contribution in [0.15, 0.2) is 48.7 Å². The lowest BCUT2D eigenvalue weighted by atomic mass is 10.0. The van der Waals surface area contributed by atoms with E-state index in [0.717, 1.165) is 16.8 Å². The van der Waals surface area contributed by atoms with Crippen LogP contribution in [0.25, 0.3) is 5.69 Å². The number of aromatic nitrogens is 3. The minimum absolute atomic E-state index is 0.113. The van der Waals surface area contributed by atoms with Gasteiger partial charge in [0.25, 0.3) is 11.8 Å². The molecule has 4 amide bonds. The fourth-order valence-corrected chi connectivity index (χ4v) is 5.18. The summed E-state index contributed by atoms with van der Waals surface area (Å²) in [7, 11) is 0. The number of carbonyl (C=O) groups is 4. The Kier molecular flexibility index (Phi) is 5.15. The average Bonchev–Trinajstić information content (AvgIpc) is 3.59. The number of hydrogen-bond acceptors (Lipinski definition) is 7. The van der Waals surface area contributed by atoms with Crippen molar-refractivity contribution in [2.24, 2.45) is 0 Å². The number of imide groups is 1. The maximum Gasteiger partial charge on any atom is 0.280 e. The smallest absolute Gasteiger partial charge is 0.280 e. The van der Waals surface area contributed by atoms with E-state index in [1.807, 2.05) is 24.3 Å². The van der Waals surface area contributed by atoms with E-state index in [1.165, 1.54) is 15.8 Å². The summed E-state index contributed by atoms with van der Waals surface area (Å²) in [5, 5.41) is 20.3. The van der Waals surface area contributed by atoms with E-state index >= 15 is 0 Å². The van der Waals surface area contributed by atoms with Crippen LogP contribution in [-0.2, 0) is 22.6 Å². The van der Waals surface area contributed by atoms with Gasteiger partial charge in [-0.15, -0.1) is 5.10 Å². The summed E-state index contributed by atoms with van der Waals surface area (Å²) in [5.41, 5.74) is 3.59. The zero-order chi connectivity index (χ0) is 25.0. The van der Waals surface area contributed by atoms with Gasteiger partial charge in [-0.3, -0.25) is 24.5 Å². The molecule has 6 rings (SSSR count). The van der Waals surface area contributed by atoms with Gasteiger partial charge in [0.15, 0.2) is 5.69 Å². The molecule has 0 spiro atoms. The van der Waals surface area contributed by atoms with E-state index in [4.69, 9.17) is 0 Å². The van der Waals surface area contributed by atoms with E-state index in [1.54, 1.807) is 23.1 Å². The zero-order valence-corrected chi connectivity index (χ0v) is 19.1. The number of rotatable bonds is 4. The fourth-order valence-electron chi connectivity index (χ4n) is 5.18. The number of amides is 4. The molecule has 2 atom stereocenters. The number of nitrogens with one attached hydrogen (secondary N) is 1. The van der Waals surface area contributed by atoms with Gasteiger partial charge in [-0.05, 0) is 42.2 Å². The molecule has 0 aliphatic carbocycles. The molecule has 1 unspecified atom stereocenters. The molecule has 3 aliphatic heterocycles. The highest BCUT2D eigenvalue weighted by atomic mass is 16.3. The number of para-hydroxylation sites is 1. The normalized spacial score (nSPS) is 21.0. The number of aliphatic hydroxyl groups excluding tert-OH is 1. The molecule has 0 radical (unpaired) electrons. The van der Waals surface area contributed by atoms with Gasteiger partial charge in [0.05, 0.1) is 24.5 Å². The second-order valence-electron chi connectivity index (χ2n) is 9.13. The highest BCUT2D eigenvalue weighted by Gasteiger charge is 2.39. The summed E-state index contributed by atoms with van der Waals surface area (Å²) >= 11 is 0. The molecular formula is C25H22N6O5. The second kappa shape index (κ2) is 8.38. The Morgan fingerprint density at radius 2 is 1.94 bits per heavy atom. The van der Waals surface area contributed by atoms with E-state index in [9.17, 15) is 24.3 Å². The zero-order valence-electron chi connectivity index (χ0n) is 19.1. The lowest BCUT2D eigenvalue weighted by Crippen LogP contribution is -2.52. The first kappa shape index (κ1) is 22.1. The summed E-state index contributed by atoms with van der Waals surface area (Å²) < 4.78 is 1.42. The average molecular weight is 486 g/mol. The van der Waals surface area contributed by atoms with Crippen molar-refractivity contribution in [1.82, 2.24) is 25.2 Å². The SMILES string of the molecule is O=C1CCC(N2Cc3ccc(-n4cc(C(=O)N5c6ccccc6C[C@H]5CO)nn4)cc3C2=O)C(=O)N1. The van der Waals surface area contributed by atoms with Crippen LogP contribution in [0.2, 0.25) is 0 Å². The van der Waals surface area contributed by atoms with Crippen molar-refractivity contribution < 1.29 is 24.3 Å². The number of benzene rings is 2. The number of fused-ring (bicyclic) bond motifs is 2. The molecule has 4 heterocycles. The van der Waals surface area contributed by atoms with Gasteiger partial charge in [0.2, 0.25) is 11.8 Å². The summed E-state index contributed by atoms with van der Waals surface area (Å²) in [6.45, 7) is 0.101. The maximum atomic E-state index is 13.3. The first-order chi connectivity index (χ1) is 17.4. The van der Waals surface area contributed by atoms with Crippen LogP contribution in [0.4, 0.5) is 5.69 Å². The highest BCUT2D eigenvalue weighted by Crippen LogP contribution is 2.33. The Morgan fingerprint density at radius 1 is 1.11 bits per heavy atom.